The number of hydrogen-bond acceptors (Lipinski definition) is 4. The van der Waals surface area contributed by atoms with Crippen molar-refractivity contribution in [3.63, 3.8) is 0 Å². The molecule has 100 valence electrons. The molecule has 2 N–H and O–H groups in total. The maximum Gasteiger partial charge on any atom is 0.371 e. The van der Waals surface area contributed by atoms with E-state index in [2.05, 4.69) is 0 Å². The average molecular weight is 262 g/mol. The van der Waals surface area contributed by atoms with E-state index in [1.165, 1.54) is 12.1 Å². The summed E-state index contributed by atoms with van der Waals surface area (Å²) in [5, 5.41) is 18.5. The van der Waals surface area contributed by atoms with Gasteiger partial charge in [0.2, 0.25) is 5.76 Å². The molecule has 0 saturated heterocycles. The number of carboxylic acids is 1. The molecule has 1 heterocycles. The first-order valence-electron chi connectivity index (χ1n) is 5.86. The van der Waals surface area contributed by atoms with Crippen LogP contribution in [0.4, 0.5) is 0 Å². The van der Waals surface area contributed by atoms with Crippen molar-refractivity contribution in [2.45, 2.75) is 12.5 Å². The van der Waals surface area contributed by atoms with Crippen molar-refractivity contribution in [3.05, 3.63) is 54.0 Å². The molecule has 0 amide bonds. The van der Waals surface area contributed by atoms with Crippen molar-refractivity contribution in [1.29, 1.82) is 0 Å². The first-order valence-corrected chi connectivity index (χ1v) is 5.86. The van der Waals surface area contributed by atoms with Gasteiger partial charge in [-0.2, -0.15) is 0 Å². The molecule has 1 aromatic heterocycles. The van der Waals surface area contributed by atoms with Gasteiger partial charge in [0, 0.05) is 6.42 Å². The number of carboxylic acid groups (broad SMARTS) is 1. The van der Waals surface area contributed by atoms with Crippen LogP contribution in [0.1, 0.15) is 28.8 Å². The van der Waals surface area contributed by atoms with Crippen LogP contribution in [0.5, 0.6) is 5.75 Å². The fourth-order valence-electron chi connectivity index (χ4n) is 1.59. The molecule has 19 heavy (non-hydrogen) atoms. The molecular formula is C14H14O5. The minimum Gasteiger partial charge on any atom is -0.493 e. The fraction of sp³-hybridized carbons (Fsp3) is 0.214. The van der Waals surface area contributed by atoms with Crippen molar-refractivity contribution < 1.29 is 24.2 Å². The lowest BCUT2D eigenvalue weighted by Crippen LogP contribution is -2.04. The number of rotatable bonds is 6. The summed E-state index contributed by atoms with van der Waals surface area (Å²) < 4.78 is 10.4. The highest BCUT2D eigenvalue weighted by Gasteiger charge is 2.15. The van der Waals surface area contributed by atoms with E-state index in [4.69, 9.17) is 14.3 Å². The molecule has 0 fully saturated rings. The quantitative estimate of drug-likeness (QED) is 0.836. The van der Waals surface area contributed by atoms with Crippen LogP contribution in [0, 0.1) is 0 Å². The zero-order valence-electron chi connectivity index (χ0n) is 10.2. The third kappa shape index (κ3) is 3.59. The Labute approximate surface area is 110 Å². The molecule has 1 aromatic carbocycles. The van der Waals surface area contributed by atoms with Crippen LogP contribution in [-0.2, 0) is 0 Å². The SMILES string of the molecule is O=C(O)c1ccc(C(O)CCOc2ccccc2)o1. The highest BCUT2D eigenvalue weighted by atomic mass is 16.5. The Morgan fingerprint density at radius 3 is 2.58 bits per heavy atom. The van der Waals surface area contributed by atoms with Crippen LogP contribution in [-0.4, -0.2) is 22.8 Å². The largest absolute Gasteiger partial charge is 0.493 e. The monoisotopic (exact) mass is 262 g/mol. The molecule has 0 saturated carbocycles. The van der Waals surface area contributed by atoms with Crippen molar-refractivity contribution >= 4 is 5.97 Å². The van der Waals surface area contributed by atoms with Gasteiger partial charge >= 0.3 is 5.97 Å². The van der Waals surface area contributed by atoms with Gasteiger partial charge in [0.1, 0.15) is 17.6 Å². The summed E-state index contributed by atoms with van der Waals surface area (Å²) in [4.78, 5) is 10.6. The summed E-state index contributed by atoms with van der Waals surface area (Å²) in [6.45, 7) is 0.314. The van der Waals surface area contributed by atoms with E-state index in [9.17, 15) is 9.90 Å². The van der Waals surface area contributed by atoms with Gasteiger partial charge in [0.15, 0.2) is 0 Å². The van der Waals surface area contributed by atoms with E-state index in [1.54, 1.807) is 0 Å². The van der Waals surface area contributed by atoms with Gasteiger partial charge in [-0.1, -0.05) is 18.2 Å². The molecule has 0 radical (unpaired) electrons. The minimum absolute atomic E-state index is 0.182. The smallest absolute Gasteiger partial charge is 0.371 e. The average Bonchev–Trinajstić information content (AvgIpc) is 2.89. The first-order chi connectivity index (χ1) is 9.16. The third-order valence-corrected chi connectivity index (χ3v) is 2.57. The molecule has 0 aliphatic heterocycles. The predicted octanol–water partition coefficient (Wildman–Crippen LogP) is 2.48. The molecule has 1 unspecified atom stereocenters. The Kier molecular flexibility index (Phi) is 4.20. The van der Waals surface area contributed by atoms with Gasteiger partial charge in [-0.05, 0) is 24.3 Å². The van der Waals surface area contributed by atoms with E-state index in [0.29, 0.717) is 13.0 Å². The molecule has 2 rings (SSSR count). The molecule has 5 nitrogen and oxygen atoms in total. The zero-order chi connectivity index (χ0) is 13.7. The Balaban J connectivity index is 1.83. The summed E-state index contributed by atoms with van der Waals surface area (Å²) in [7, 11) is 0. The highest BCUT2D eigenvalue weighted by molar-refractivity contribution is 5.84. The second-order valence-corrected chi connectivity index (χ2v) is 3.97. The topological polar surface area (TPSA) is 79.9 Å². The van der Waals surface area contributed by atoms with E-state index in [0.717, 1.165) is 5.75 Å². The van der Waals surface area contributed by atoms with E-state index in [1.807, 2.05) is 30.3 Å². The lowest BCUT2D eigenvalue weighted by molar-refractivity contribution is 0.0647. The van der Waals surface area contributed by atoms with Gasteiger partial charge in [-0.25, -0.2) is 4.79 Å². The number of aliphatic hydroxyl groups is 1. The minimum atomic E-state index is -1.15. The molecule has 2 aromatic rings. The molecule has 0 bridgehead atoms. The third-order valence-electron chi connectivity index (χ3n) is 2.57. The number of carbonyl (C=O) groups is 1. The fourth-order valence-corrected chi connectivity index (χ4v) is 1.59. The number of aromatic carboxylic acids is 1. The normalized spacial score (nSPS) is 12.1. The Bertz CT molecular complexity index is 532. The second-order valence-electron chi connectivity index (χ2n) is 3.97. The first kappa shape index (κ1) is 13.2. The molecule has 1 atom stereocenters. The molecule has 0 spiro atoms. The van der Waals surface area contributed by atoms with E-state index < -0.39 is 12.1 Å². The van der Waals surface area contributed by atoms with Crippen LogP contribution in [0.2, 0.25) is 0 Å². The Morgan fingerprint density at radius 1 is 1.21 bits per heavy atom. The van der Waals surface area contributed by atoms with Crippen LogP contribution < -0.4 is 4.74 Å². The number of para-hydroxylation sites is 1. The summed E-state index contributed by atoms with van der Waals surface area (Å²) in [5.74, 6) is -0.383. The standard InChI is InChI=1S/C14H14O5/c15-11(12-6-7-13(19-12)14(16)17)8-9-18-10-4-2-1-3-5-10/h1-7,11,15H,8-9H2,(H,16,17). The highest BCUT2D eigenvalue weighted by Crippen LogP contribution is 2.20. The second kappa shape index (κ2) is 6.06. The molecule has 0 aliphatic rings. The number of aliphatic hydroxyl groups excluding tert-OH is 1. The van der Waals surface area contributed by atoms with Gasteiger partial charge < -0.3 is 19.4 Å². The number of ether oxygens (including phenoxy) is 1. The summed E-state index contributed by atoms with van der Waals surface area (Å²) >= 11 is 0. The van der Waals surface area contributed by atoms with E-state index >= 15 is 0 Å². The maximum absolute atomic E-state index is 10.6. The number of hydrogen-bond donors (Lipinski definition) is 2. The molecule has 0 aliphatic carbocycles. The van der Waals surface area contributed by atoms with Crippen LogP contribution in [0.25, 0.3) is 0 Å². The van der Waals surface area contributed by atoms with Gasteiger partial charge in [0.05, 0.1) is 6.61 Å². The lowest BCUT2D eigenvalue weighted by Gasteiger charge is -2.09. The predicted molar refractivity (Wildman–Crippen MR) is 67.2 cm³/mol. The Morgan fingerprint density at radius 2 is 1.95 bits per heavy atom. The number of benzene rings is 1. The molecule has 5 heteroatoms. The zero-order valence-corrected chi connectivity index (χ0v) is 10.2. The van der Waals surface area contributed by atoms with Crippen molar-refractivity contribution in [2.24, 2.45) is 0 Å². The summed E-state index contributed by atoms with van der Waals surface area (Å²) in [5.41, 5.74) is 0. The van der Waals surface area contributed by atoms with Crippen LogP contribution in [0.3, 0.4) is 0 Å². The van der Waals surface area contributed by atoms with Crippen LogP contribution >= 0.6 is 0 Å². The summed E-state index contributed by atoms with van der Waals surface area (Å²) in [6.07, 6.45) is -0.557. The lowest BCUT2D eigenvalue weighted by atomic mass is 10.2. The van der Waals surface area contributed by atoms with Crippen molar-refractivity contribution in [2.75, 3.05) is 6.61 Å². The van der Waals surface area contributed by atoms with E-state index in [-0.39, 0.29) is 11.5 Å². The summed E-state index contributed by atoms with van der Waals surface area (Å²) in [6, 6.07) is 12.0. The Hall–Kier alpha value is -2.27. The van der Waals surface area contributed by atoms with Gasteiger partial charge in [-0.3, -0.25) is 0 Å². The van der Waals surface area contributed by atoms with Crippen molar-refractivity contribution in [1.82, 2.24) is 0 Å². The number of furan rings is 1. The van der Waals surface area contributed by atoms with Crippen LogP contribution in [0.15, 0.2) is 46.9 Å². The maximum atomic E-state index is 10.6. The van der Waals surface area contributed by atoms with Gasteiger partial charge in [-0.15, -0.1) is 0 Å². The van der Waals surface area contributed by atoms with Crippen molar-refractivity contribution in [3.8, 4) is 5.75 Å². The molecular weight excluding hydrogens is 248 g/mol. The van der Waals surface area contributed by atoms with Gasteiger partial charge in [0.25, 0.3) is 0 Å².